The summed E-state index contributed by atoms with van der Waals surface area (Å²) < 4.78 is 99.8. The number of halogens is 9. The summed E-state index contributed by atoms with van der Waals surface area (Å²) in [5.74, 6) is -0.356. The van der Waals surface area contributed by atoms with Crippen LogP contribution in [0.5, 0.6) is 0 Å². The number of hydroxylamine groups is 1. The van der Waals surface area contributed by atoms with Crippen molar-refractivity contribution >= 4 is 34.8 Å². The maximum absolute atomic E-state index is 15.3. The van der Waals surface area contributed by atoms with Crippen LogP contribution in [0.25, 0.3) is 5.70 Å². The van der Waals surface area contributed by atoms with Crippen molar-refractivity contribution in [3.8, 4) is 0 Å². The lowest BCUT2D eigenvalue weighted by Crippen LogP contribution is -2.59. The molecule has 1 aromatic carbocycles. The first-order valence-electron chi connectivity index (χ1n) is 11.3. The Bertz CT molecular complexity index is 1470. The van der Waals surface area contributed by atoms with Gasteiger partial charge in [0, 0.05) is 29.7 Å². The molecular weight excluding hydrogens is 594 g/mol. The van der Waals surface area contributed by atoms with Gasteiger partial charge in [-0.2, -0.15) is 31.4 Å². The summed E-state index contributed by atoms with van der Waals surface area (Å²) >= 11 is 11.3. The number of nitrogens with zero attached hydrogens (tertiary/aromatic N) is 4. The van der Waals surface area contributed by atoms with Crippen LogP contribution in [0.2, 0.25) is 10.0 Å². The number of aromatic nitrogens is 3. The highest BCUT2D eigenvalue weighted by molar-refractivity contribution is 6.42. The molecule has 5 rings (SSSR count). The predicted octanol–water partition coefficient (Wildman–Crippen LogP) is 5.64. The zero-order valence-corrected chi connectivity index (χ0v) is 21.3. The second kappa shape index (κ2) is 9.63. The maximum Gasteiger partial charge on any atom is 0.428 e. The molecule has 0 aliphatic carbocycles. The highest BCUT2D eigenvalue weighted by atomic mass is 35.5. The molecular formula is C24H16Cl2F7N5O2. The fraction of sp³-hybridized carbons (Fsp3) is 0.292. The first-order valence-corrected chi connectivity index (χ1v) is 12.1. The lowest BCUT2D eigenvalue weighted by atomic mass is 9.89. The number of hydrogen-bond acceptors (Lipinski definition) is 5. The van der Waals surface area contributed by atoms with Crippen LogP contribution in [0.4, 0.5) is 30.7 Å². The molecule has 4 heterocycles. The minimum Gasteiger partial charge on any atom is -0.334 e. The highest BCUT2D eigenvalue weighted by Gasteiger charge is 2.60. The average molecular weight is 610 g/mol. The minimum absolute atomic E-state index is 0.0283. The first kappa shape index (κ1) is 28.2. The van der Waals surface area contributed by atoms with Gasteiger partial charge in [0.25, 0.3) is 0 Å². The average Bonchev–Trinajstić information content (AvgIpc) is 3.54. The van der Waals surface area contributed by atoms with Crippen molar-refractivity contribution < 1.29 is 40.4 Å². The van der Waals surface area contributed by atoms with Crippen LogP contribution in [0.15, 0.2) is 55.0 Å². The second-order valence-electron chi connectivity index (χ2n) is 9.16. The van der Waals surface area contributed by atoms with Gasteiger partial charge in [-0.3, -0.25) is 24.8 Å². The van der Waals surface area contributed by atoms with Crippen LogP contribution in [-0.2, 0) is 33.6 Å². The predicted molar refractivity (Wildman–Crippen MR) is 127 cm³/mol. The molecule has 0 saturated carbocycles. The summed E-state index contributed by atoms with van der Waals surface area (Å²) in [6.07, 6.45) is -5.64. The van der Waals surface area contributed by atoms with Crippen molar-refractivity contribution in [1.82, 2.24) is 25.1 Å². The van der Waals surface area contributed by atoms with Crippen molar-refractivity contribution in [2.45, 2.75) is 30.2 Å². The van der Waals surface area contributed by atoms with Crippen molar-refractivity contribution in [2.75, 3.05) is 13.1 Å². The highest BCUT2D eigenvalue weighted by Crippen LogP contribution is 2.50. The van der Waals surface area contributed by atoms with Crippen LogP contribution in [0, 0.1) is 0 Å². The molecule has 3 aromatic rings. The Morgan fingerprint density at radius 2 is 1.85 bits per heavy atom. The summed E-state index contributed by atoms with van der Waals surface area (Å²) in [6.45, 7) is -0.626. The summed E-state index contributed by atoms with van der Waals surface area (Å²) in [5.41, 5.74) is -6.10. The molecule has 7 nitrogen and oxygen atoms in total. The number of alkyl halides is 7. The molecule has 40 heavy (non-hydrogen) atoms. The van der Waals surface area contributed by atoms with Crippen LogP contribution >= 0.6 is 23.2 Å². The lowest BCUT2D eigenvalue weighted by Gasteiger charge is -2.43. The number of likely N-dealkylation sites (tertiary alicyclic amines) is 1. The van der Waals surface area contributed by atoms with Gasteiger partial charge in [0.05, 0.1) is 40.1 Å². The van der Waals surface area contributed by atoms with Crippen molar-refractivity contribution in [3.05, 3.63) is 87.4 Å². The Morgan fingerprint density at radius 3 is 2.42 bits per heavy atom. The van der Waals surface area contributed by atoms with Crippen LogP contribution in [-0.4, -0.2) is 44.8 Å². The molecule has 1 atom stereocenters. The van der Waals surface area contributed by atoms with Gasteiger partial charge >= 0.3 is 12.4 Å². The van der Waals surface area contributed by atoms with Crippen molar-refractivity contribution in [1.29, 1.82) is 0 Å². The van der Waals surface area contributed by atoms with Gasteiger partial charge in [-0.25, -0.2) is 4.39 Å². The van der Waals surface area contributed by atoms with Gasteiger partial charge in [0.15, 0.2) is 5.67 Å². The molecule has 1 saturated heterocycles. The van der Waals surface area contributed by atoms with E-state index >= 15 is 4.39 Å². The van der Waals surface area contributed by atoms with E-state index in [4.69, 9.17) is 28.0 Å². The van der Waals surface area contributed by atoms with E-state index in [2.05, 4.69) is 15.6 Å². The normalized spacial score (nSPS) is 20.6. The number of carbonyl (C=O) groups is 1. The fourth-order valence-corrected chi connectivity index (χ4v) is 4.78. The van der Waals surface area contributed by atoms with E-state index in [1.807, 2.05) is 0 Å². The Labute approximate surface area is 231 Å². The molecule has 1 fully saturated rings. The summed E-state index contributed by atoms with van der Waals surface area (Å²) in [7, 11) is 0. The lowest BCUT2D eigenvalue weighted by molar-refractivity contribution is -0.269. The van der Waals surface area contributed by atoms with E-state index in [0.29, 0.717) is 12.1 Å². The molecule has 2 aliphatic rings. The van der Waals surface area contributed by atoms with E-state index in [-0.39, 0.29) is 48.6 Å². The van der Waals surface area contributed by atoms with Gasteiger partial charge in [-0.05, 0) is 36.4 Å². The molecule has 0 spiro atoms. The van der Waals surface area contributed by atoms with E-state index in [9.17, 15) is 31.1 Å². The number of nitrogens with one attached hydrogen (secondary N) is 1. The number of benzene rings is 1. The number of hydrogen-bond donors (Lipinski definition) is 1. The van der Waals surface area contributed by atoms with Crippen LogP contribution < -0.4 is 5.48 Å². The number of amides is 1. The molecule has 0 radical (unpaired) electrons. The standard InChI is InChI=1S/C24H16Cl2F7N5O2/c25-16-7-14(6-15(20(16)26)23(28,29)30)22(24(31,32)33)8-17(36-40-22)13-2-3-18(34-9-13)21(27)11-37(12-21)19(39)10-38-5-1-4-35-38/h1-9,36H,10-12H2. The zero-order valence-electron chi connectivity index (χ0n) is 19.8. The second-order valence-corrected chi connectivity index (χ2v) is 9.95. The number of pyridine rings is 1. The zero-order chi connectivity index (χ0) is 29.1. The number of carbonyl (C=O) groups excluding carboxylic acids is 1. The summed E-state index contributed by atoms with van der Waals surface area (Å²) in [6, 6.07) is 4.99. The summed E-state index contributed by atoms with van der Waals surface area (Å²) in [4.78, 5) is 22.4. The minimum atomic E-state index is -5.24. The Kier molecular flexibility index (Phi) is 6.78. The van der Waals surface area contributed by atoms with Crippen molar-refractivity contribution in [2.24, 2.45) is 0 Å². The Morgan fingerprint density at radius 1 is 1.12 bits per heavy atom. The Hall–Kier alpha value is -3.36. The fourth-order valence-electron chi connectivity index (χ4n) is 4.34. The third-order valence-electron chi connectivity index (χ3n) is 6.48. The molecule has 16 heteroatoms. The van der Waals surface area contributed by atoms with E-state index in [0.717, 1.165) is 6.20 Å². The van der Waals surface area contributed by atoms with Crippen LogP contribution in [0.3, 0.4) is 0 Å². The monoisotopic (exact) mass is 609 g/mol. The van der Waals surface area contributed by atoms with E-state index in [1.165, 1.54) is 27.9 Å². The maximum atomic E-state index is 15.3. The molecule has 0 bridgehead atoms. The van der Waals surface area contributed by atoms with E-state index < -0.39 is 44.8 Å². The van der Waals surface area contributed by atoms with Gasteiger partial charge in [0.2, 0.25) is 11.5 Å². The van der Waals surface area contributed by atoms with E-state index in [1.54, 1.807) is 12.3 Å². The molecule has 2 aliphatic heterocycles. The molecule has 1 unspecified atom stereocenters. The van der Waals surface area contributed by atoms with Gasteiger partial charge in [-0.1, -0.05) is 23.2 Å². The SMILES string of the molecule is O=C(Cn1cccn1)N1CC(F)(c2ccc(C3=CC(c4cc(Cl)c(Cl)c(C(F)(F)F)c4)(C(F)(F)F)ON3)cn2)C1. The molecule has 1 amide bonds. The molecule has 212 valence electrons. The Balaban J connectivity index is 1.39. The molecule has 1 N–H and O–H groups in total. The van der Waals surface area contributed by atoms with Gasteiger partial charge < -0.3 is 4.90 Å². The smallest absolute Gasteiger partial charge is 0.334 e. The van der Waals surface area contributed by atoms with Crippen LogP contribution in [0.1, 0.15) is 22.4 Å². The van der Waals surface area contributed by atoms with Gasteiger partial charge in [-0.15, -0.1) is 0 Å². The summed E-state index contributed by atoms with van der Waals surface area (Å²) in [5, 5.41) is 2.21. The third-order valence-corrected chi connectivity index (χ3v) is 7.28. The van der Waals surface area contributed by atoms with Gasteiger partial charge in [0.1, 0.15) is 6.54 Å². The van der Waals surface area contributed by atoms with Crippen molar-refractivity contribution in [3.63, 3.8) is 0 Å². The topological polar surface area (TPSA) is 72.3 Å². The quantitative estimate of drug-likeness (QED) is 0.379. The third kappa shape index (κ3) is 4.88. The number of rotatable bonds is 5. The molecule has 2 aromatic heterocycles. The largest absolute Gasteiger partial charge is 0.428 e. The first-order chi connectivity index (χ1) is 18.6.